The average Bonchev–Trinajstić information content (AvgIpc) is 2.74. The van der Waals surface area contributed by atoms with Gasteiger partial charge in [-0.1, -0.05) is 12.1 Å². The summed E-state index contributed by atoms with van der Waals surface area (Å²) in [7, 11) is 1.56. The van der Waals surface area contributed by atoms with E-state index in [4.69, 9.17) is 4.74 Å². The Bertz CT molecular complexity index is 872. The zero-order valence-corrected chi connectivity index (χ0v) is 17.5. The number of methoxy groups -OCH3 is 1. The molecule has 1 unspecified atom stereocenters. The van der Waals surface area contributed by atoms with Crippen LogP contribution in [0.4, 0.5) is 18.0 Å². The van der Waals surface area contributed by atoms with Gasteiger partial charge in [-0.2, -0.15) is 8.78 Å². The monoisotopic (exact) mass is 437 g/mol. The molecule has 1 N–H and O–H groups in total. The Morgan fingerprint density at radius 3 is 2.39 bits per heavy atom. The van der Waals surface area contributed by atoms with E-state index in [2.05, 4.69) is 15.0 Å². The van der Waals surface area contributed by atoms with E-state index in [0.29, 0.717) is 38.5 Å². The van der Waals surface area contributed by atoms with Crippen LogP contribution >= 0.6 is 0 Å². The zero-order chi connectivity index (χ0) is 22.4. The van der Waals surface area contributed by atoms with Crippen molar-refractivity contribution in [2.45, 2.75) is 26.1 Å². The Morgan fingerprint density at radius 2 is 1.77 bits per heavy atom. The first kappa shape index (κ1) is 22.7. The van der Waals surface area contributed by atoms with Gasteiger partial charge < -0.3 is 19.7 Å². The second-order valence-electron chi connectivity index (χ2n) is 7.34. The minimum absolute atomic E-state index is 0.0725. The van der Waals surface area contributed by atoms with Gasteiger partial charge in [0.15, 0.2) is 0 Å². The molecule has 2 aromatic carbocycles. The van der Waals surface area contributed by atoms with Gasteiger partial charge in [-0.15, -0.1) is 0 Å². The molecule has 1 atom stereocenters. The summed E-state index contributed by atoms with van der Waals surface area (Å²) in [5.41, 5.74) is 1.56. The predicted octanol–water partition coefficient (Wildman–Crippen LogP) is 4.02. The standard InChI is InChI=1S/C22H26F3N3O3/c1-15(16-3-6-19(7-4-16)31-21(24)25)26-22(29)28-11-9-27(10-12-28)14-17-13-18(23)5-8-20(17)30-2/h3-8,13,15,21H,9-12,14H2,1-2H3,(H,26,29). The lowest BCUT2D eigenvalue weighted by atomic mass is 10.1. The van der Waals surface area contributed by atoms with Gasteiger partial charge in [0.25, 0.3) is 0 Å². The van der Waals surface area contributed by atoms with Crippen LogP contribution in [0.5, 0.6) is 11.5 Å². The molecule has 0 aliphatic carbocycles. The molecule has 1 heterocycles. The maximum absolute atomic E-state index is 13.6. The van der Waals surface area contributed by atoms with Crippen molar-refractivity contribution in [1.82, 2.24) is 15.1 Å². The Kier molecular flexibility index (Phi) is 7.62. The van der Waals surface area contributed by atoms with E-state index < -0.39 is 6.61 Å². The lowest BCUT2D eigenvalue weighted by Gasteiger charge is -2.35. The number of nitrogens with one attached hydrogen (secondary N) is 1. The smallest absolute Gasteiger partial charge is 0.387 e. The summed E-state index contributed by atoms with van der Waals surface area (Å²) in [6, 6.07) is 10.2. The van der Waals surface area contributed by atoms with Gasteiger partial charge in [0.1, 0.15) is 17.3 Å². The molecule has 168 valence electrons. The molecule has 0 bridgehead atoms. The van der Waals surface area contributed by atoms with Crippen LogP contribution in [0.2, 0.25) is 0 Å². The number of ether oxygens (including phenoxy) is 2. The fourth-order valence-corrected chi connectivity index (χ4v) is 3.52. The van der Waals surface area contributed by atoms with Crippen molar-refractivity contribution in [3.63, 3.8) is 0 Å². The van der Waals surface area contributed by atoms with E-state index in [0.717, 1.165) is 11.1 Å². The molecule has 1 aliphatic rings. The first-order chi connectivity index (χ1) is 14.9. The number of urea groups is 1. The van der Waals surface area contributed by atoms with Gasteiger partial charge in [0, 0.05) is 38.3 Å². The molecule has 1 aliphatic heterocycles. The minimum Gasteiger partial charge on any atom is -0.496 e. The molecule has 2 aromatic rings. The highest BCUT2D eigenvalue weighted by Gasteiger charge is 2.23. The Balaban J connectivity index is 1.49. The highest BCUT2D eigenvalue weighted by atomic mass is 19.3. The van der Waals surface area contributed by atoms with Crippen molar-refractivity contribution in [1.29, 1.82) is 0 Å². The van der Waals surface area contributed by atoms with E-state index in [9.17, 15) is 18.0 Å². The number of benzene rings is 2. The highest BCUT2D eigenvalue weighted by molar-refractivity contribution is 5.74. The van der Waals surface area contributed by atoms with Crippen molar-refractivity contribution in [2.24, 2.45) is 0 Å². The molecule has 1 fully saturated rings. The summed E-state index contributed by atoms with van der Waals surface area (Å²) >= 11 is 0. The molecule has 0 aromatic heterocycles. The van der Waals surface area contributed by atoms with Gasteiger partial charge in [-0.3, -0.25) is 4.90 Å². The Hall–Kier alpha value is -2.94. The average molecular weight is 437 g/mol. The lowest BCUT2D eigenvalue weighted by Crippen LogP contribution is -2.51. The number of alkyl halides is 2. The Morgan fingerprint density at radius 1 is 1.10 bits per heavy atom. The number of rotatable bonds is 7. The molecule has 6 nitrogen and oxygen atoms in total. The molecule has 1 saturated heterocycles. The molecular formula is C22H26F3N3O3. The third kappa shape index (κ3) is 6.27. The topological polar surface area (TPSA) is 54.0 Å². The first-order valence-corrected chi connectivity index (χ1v) is 10.0. The predicted molar refractivity (Wildman–Crippen MR) is 110 cm³/mol. The molecule has 9 heteroatoms. The van der Waals surface area contributed by atoms with Crippen LogP contribution in [-0.4, -0.2) is 55.7 Å². The number of carbonyl (C=O) groups is 1. The number of hydrogen-bond acceptors (Lipinski definition) is 4. The van der Waals surface area contributed by atoms with Crippen molar-refractivity contribution in [2.75, 3.05) is 33.3 Å². The summed E-state index contributed by atoms with van der Waals surface area (Å²) in [6.45, 7) is 1.88. The number of piperazine rings is 1. The van der Waals surface area contributed by atoms with Crippen molar-refractivity contribution >= 4 is 6.03 Å². The van der Waals surface area contributed by atoms with Crippen molar-refractivity contribution in [3.05, 3.63) is 59.4 Å². The number of nitrogens with zero attached hydrogens (tertiary/aromatic N) is 2. The number of halogens is 3. The second-order valence-corrected chi connectivity index (χ2v) is 7.34. The van der Waals surface area contributed by atoms with E-state index in [-0.39, 0.29) is 23.6 Å². The van der Waals surface area contributed by atoms with Gasteiger partial charge in [-0.05, 0) is 42.8 Å². The van der Waals surface area contributed by atoms with Crippen molar-refractivity contribution < 1.29 is 27.4 Å². The van der Waals surface area contributed by atoms with E-state index in [1.54, 1.807) is 30.2 Å². The molecular weight excluding hydrogens is 411 g/mol. The Labute approximate surface area is 179 Å². The molecule has 3 rings (SSSR count). The largest absolute Gasteiger partial charge is 0.496 e. The lowest BCUT2D eigenvalue weighted by molar-refractivity contribution is -0.0498. The van der Waals surface area contributed by atoms with Gasteiger partial charge in [-0.25, -0.2) is 9.18 Å². The van der Waals surface area contributed by atoms with Crippen LogP contribution in [-0.2, 0) is 6.54 Å². The third-order valence-electron chi connectivity index (χ3n) is 5.24. The quantitative estimate of drug-likeness (QED) is 0.711. The zero-order valence-electron chi connectivity index (χ0n) is 17.5. The summed E-state index contributed by atoms with van der Waals surface area (Å²) in [4.78, 5) is 16.5. The van der Waals surface area contributed by atoms with Crippen LogP contribution < -0.4 is 14.8 Å². The fourth-order valence-electron chi connectivity index (χ4n) is 3.52. The maximum atomic E-state index is 13.6. The van der Waals surface area contributed by atoms with Crippen LogP contribution in [0.1, 0.15) is 24.1 Å². The van der Waals surface area contributed by atoms with Crippen LogP contribution in [0.3, 0.4) is 0 Å². The fraction of sp³-hybridized carbons (Fsp3) is 0.409. The molecule has 31 heavy (non-hydrogen) atoms. The third-order valence-corrected chi connectivity index (χ3v) is 5.24. The van der Waals surface area contributed by atoms with E-state index in [1.807, 2.05) is 6.92 Å². The summed E-state index contributed by atoms with van der Waals surface area (Å²) in [5.74, 6) is 0.403. The highest BCUT2D eigenvalue weighted by Crippen LogP contribution is 2.22. The van der Waals surface area contributed by atoms with E-state index in [1.165, 1.54) is 24.3 Å². The van der Waals surface area contributed by atoms with Crippen LogP contribution in [0.25, 0.3) is 0 Å². The first-order valence-electron chi connectivity index (χ1n) is 10.0. The number of carbonyl (C=O) groups excluding carboxylic acids is 1. The second kappa shape index (κ2) is 10.4. The normalized spacial score (nSPS) is 15.6. The molecule has 0 radical (unpaired) electrons. The number of amides is 2. The summed E-state index contributed by atoms with van der Waals surface area (Å²) in [5, 5.41) is 2.93. The van der Waals surface area contributed by atoms with Crippen LogP contribution in [0, 0.1) is 5.82 Å². The van der Waals surface area contributed by atoms with Crippen LogP contribution in [0.15, 0.2) is 42.5 Å². The minimum atomic E-state index is -2.87. The molecule has 0 spiro atoms. The maximum Gasteiger partial charge on any atom is 0.387 e. The van der Waals surface area contributed by atoms with Gasteiger partial charge in [0.2, 0.25) is 0 Å². The number of hydrogen-bond donors (Lipinski definition) is 1. The van der Waals surface area contributed by atoms with Gasteiger partial charge in [0.05, 0.1) is 13.2 Å². The van der Waals surface area contributed by atoms with E-state index >= 15 is 0 Å². The molecule has 2 amide bonds. The van der Waals surface area contributed by atoms with Gasteiger partial charge >= 0.3 is 12.6 Å². The SMILES string of the molecule is COc1ccc(F)cc1CN1CCN(C(=O)NC(C)c2ccc(OC(F)F)cc2)CC1. The summed E-state index contributed by atoms with van der Waals surface area (Å²) in [6.07, 6.45) is 0. The molecule has 0 saturated carbocycles. The summed E-state index contributed by atoms with van der Waals surface area (Å²) < 4.78 is 47.7. The van der Waals surface area contributed by atoms with Crippen molar-refractivity contribution in [3.8, 4) is 11.5 Å².